The maximum atomic E-state index is 9.55. The van der Waals surface area contributed by atoms with Crippen molar-refractivity contribution < 1.29 is 5.11 Å². The van der Waals surface area contributed by atoms with Crippen molar-refractivity contribution in [3.63, 3.8) is 0 Å². The van der Waals surface area contributed by atoms with E-state index >= 15 is 0 Å². The Morgan fingerprint density at radius 1 is 1.04 bits per heavy atom. The highest BCUT2D eigenvalue weighted by Gasteiger charge is 2.30. The van der Waals surface area contributed by atoms with E-state index in [4.69, 9.17) is 5.73 Å². The van der Waals surface area contributed by atoms with Crippen LogP contribution in [0.4, 0.5) is 0 Å². The van der Waals surface area contributed by atoms with Gasteiger partial charge in [0, 0.05) is 5.54 Å². The summed E-state index contributed by atoms with van der Waals surface area (Å²) in [5.74, 6) is 0.414. The van der Waals surface area contributed by atoms with E-state index in [1.165, 1.54) is 61.6 Å². The van der Waals surface area contributed by atoms with Gasteiger partial charge in [-0.3, -0.25) is 0 Å². The Labute approximate surface area is 148 Å². The predicted octanol–water partition coefficient (Wildman–Crippen LogP) is 4.79. The van der Waals surface area contributed by atoms with Gasteiger partial charge in [0.2, 0.25) is 0 Å². The summed E-state index contributed by atoms with van der Waals surface area (Å²) in [4.78, 5) is 0. The summed E-state index contributed by atoms with van der Waals surface area (Å²) in [5.41, 5.74) is 10.4. The van der Waals surface area contributed by atoms with Gasteiger partial charge in [0.1, 0.15) is 0 Å². The fourth-order valence-electron chi connectivity index (χ4n) is 4.01. The lowest BCUT2D eigenvalue weighted by atomic mass is 9.81. The molecule has 0 heterocycles. The van der Waals surface area contributed by atoms with Crippen molar-refractivity contribution in [2.45, 2.75) is 90.0 Å². The molecule has 2 atom stereocenters. The number of benzene rings is 1. The quantitative estimate of drug-likeness (QED) is 0.504. The van der Waals surface area contributed by atoms with Gasteiger partial charge in [-0.1, -0.05) is 57.2 Å². The number of hydrogen-bond donors (Lipinski definition) is 2. The molecule has 0 radical (unpaired) electrons. The normalized spacial score (nSPS) is 20.2. The number of fused-ring (bicyclic) bond motifs is 1. The van der Waals surface area contributed by atoms with Crippen LogP contribution in [0.2, 0.25) is 0 Å². The van der Waals surface area contributed by atoms with Crippen LogP contribution < -0.4 is 5.73 Å². The SMILES string of the molecule is CCCCCCCCc1ccc2c(c1)CCC(C(C)(N)CO)CC2. The second-order valence-corrected chi connectivity index (χ2v) is 8.06. The Bertz CT molecular complexity index is 495. The van der Waals surface area contributed by atoms with Crippen molar-refractivity contribution in [2.75, 3.05) is 6.61 Å². The van der Waals surface area contributed by atoms with Gasteiger partial charge in [-0.25, -0.2) is 0 Å². The zero-order valence-electron chi connectivity index (χ0n) is 15.8. The van der Waals surface area contributed by atoms with E-state index < -0.39 is 5.54 Å². The fraction of sp³-hybridized carbons (Fsp3) is 0.727. The minimum atomic E-state index is -0.441. The second-order valence-electron chi connectivity index (χ2n) is 8.06. The average Bonchev–Trinajstić information content (AvgIpc) is 2.80. The van der Waals surface area contributed by atoms with Crippen molar-refractivity contribution in [3.05, 3.63) is 34.9 Å². The number of aliphatic hydroxyl groups is 1. The minimum Gasteiger partial charge on any atom is -0.394 e. The highest BCUT2D eigenvalue weighted by Crippen LogP contribution is 2.31. The van der Waals surface area contributed by atoms with E-state index in [9.17, 15) is 5.11 Å². The van der Waals surface area contributed by atoms with E-state index in [-0.39, 0.29) is 6.61 Å². The zero-order valence-corrected chi connectivity index (χ0v) is 15.8. The van der Waals surface area contributed by atoms with E-state index in [1.807, 2.05) is 6.92 Å². The Balaban J connectivity index is 1.86. The summed E-state index contributed by atoms with van der Waals surface area (Å²) < 4.78 is 0. The molecular weight excluding hydrogens is 294 g/mol. The van der Waals surface area contributed by atoms with E-state index in [1.54, 1.807) is 0 Å². The first-order valence-electron chi connectivity index (χ1n) is 10.1. The molecule has 2 heteroatoms. The number of unbranched alkanes of at least 4 members (excludes halogenated alkanes) is 5. The van der Waals surface area contributed by atoms with Crippen LogP contribution in [-0.4, -0.2) is 17.3 Å². The summed E-state index contributed by atoms with van der Waals surface area (Å²) in [6.45, 7) is 4.35. The van der Waals surface area contributed by atoms with Gasteiger partial charge in [0.05, 0.1) is 6.61 Å². The highest BCUT2D eigenvalue weighted by atomic mass is 16.3. The Hall–Kier alpha value is -0.860. The largest absolute Gasteiger partial charge is 0.394 e. The Morgan fingerprint density at radius 3 is 2.42 bits per heavy atom. The van der Waals surface area contributed by atoms with E-state index in [0.717, 1.165) is 25.7 Å². The van der Waals surface area contributed by atoms with Crippen molar-refractivity contribution >= 4 is 0 Å². The Morgan fingerprint density at radius 2 is 1.71 bits per heavy atom. The lowest BCUT2D eigenvalue weighted by Gasteiger charge is -2.31. The molecule has 0 bridgehead atoms. The molecule has 2 nitrogen and oxygen atoms in total. The van der Waals surface area contributed by atoms with Crippen LogP contribution in [-0.2, 0) is 19.3 Å². The van der Waals surface area contributed by atoms with Crippen molar-refractivity contribution in [2.24, 2.45) is 11.7 Å². The molecule has 2 unspecified atom stereocenters. The fourth-order valence-corrected chi connectivity index (χ4v) is 4.01. The van der Waals surface area contributed by atoms with Crippen LogP contribution >= 0.6 is 0 Å². The van der Waals surface area contributed by atoms with Crippen LogP contribution in [0.15, 0.2) is 18.2 Å². The number of nitrogens with two attached hydrogens (primary N) is 1. The van der Waals surface area contributed by atoms with Crippen LogP contribution in [0.1, 0.15) is 81.9 Å². The maximum absolute atomic E-state index is 9.55. The number of aliphatic hydroxyl groups excluding tert-OH is 1. The van der Waals surface area contributed by atoms with Crippen LogP contribution in [0.25, 0.3) is 0 Å². The predicted molar refractivity (Wildman–Crippen MR) is 103 cm³/mol. The standard InChI is InChI=1S/C22H37NO/c1-3-4-5-6-7-8-9-18-10-11-19-12-14-21(22(2,23)17-24)15-13-20(19)16-18/h10-11,16,21,24H,3-9,12-15,17,23H2,1-2H3. The van der Waals surface area contributed by atoms with Crippen LogP contribution in [0.3, 0.4) is 0 Å². The number of rotatable bonds is 9. The molecule has 0 amide bonds. The summed E-state index contributed by atoms with van der Waals surface area (Å²) in [6.07, 6.45) is 13.8. The Kier molecular flexibility index (Phi) is 7.77. The van der Waals surface area contributed by atoms with Gasteiger partial charge in [0.25, 0.3) is 0 Å². The molecule has 2 rings (SSSR count). The monoisotopic (exact) mass is 331 g/mol. The van der Waals surface area contributed by atoms with Gasteiger partial charge in [-0.2, -0.15) is 0 Å². The topological polar surface area (TPSA) is 46.2 Å². The third-order valence-corrected chi connectivity index (χ3v) is 5.89. The van der Waals surface area contributed by atoms with Gasteiger partial charge < -0.3 is 10.8 Å². The summed E-state index contributed by atoms with van der Waals surface area (Å²) >= 11 is 0. The molecular formula is C22H37NO. The maximum Gasteiger partial charge on any atom is 0.0611 e. The minimum absolute atomic E-state index is 0.0806. The first-order chi connectivity index (χ1) is 11.6. The molecule has 0 saturated heterocycles. The molecule has 0 aromatic heterocycles. The molecule has 1 aliphatic carbocycles. The second kappa shape index (κ2) is 9.58. The molecule has 1 aromatic rings. The summed E-state index contributed by atoms with van der Waals surface area (Å²) in [5, 5.41) is 9.55. The number of hydrogen-bond acceptors (Lipinski definition) is 2. The van der Waals surface area contributed by atoms with Crippen molar-refractivity contribution in [3.8, 4) is 0 Å². The smallest absolute Gasteiger partial charge is 0.0611 e. The van der Waals surface area contributed by atoms with Gasteiger partial charge in [0.15, 0.2) is 0 Å². The molecule has 0 spiro atoms. The molecule has 0 saturated carbocycles. The first kappa shape index (κ1) is 19.5. The molecule has 1 aliphatic rings. The van der Waals surface area contributed by atoms with Crippen LogP contribution in [0, 0.1) is 5.92 Å². The molecule has 0 fully saturated rings. The summed E-state index contributed by atoms with van der Waals surface area (Å²) in [7, 11) is 0. The lowest BCUT2D eigenvalue weighted by molar-refractivity contribution is 0.144. The van der Waals surface area contributed by atoms with E-state index in [2.05, 4.69) is 25.1 Å². The van der Waals surface area contributed by atoms with Crippen molar-refractivity contribution in [1.29, 1.82) is 0 Å². The molecule has 3 N–H and O–H groups in total. The van der Waals surface area contributed by atoms with Gasteiger partial charge in [-0.15, -0.1) is 0 Å². The molecule has 0 aliphatic heterocycles. The van der Waals surface area contributed by atoms with Crippen LogP contribution in [0.5, 0.6) is 0 Å². The number of aryl methyl sites for hydroxylation is 3. The lowest BCUT2D eigenvalue weighted by Crippen LogP contribution is -2.47. The molecule has 136 valence electrons. The van der Waals surface area contributed by atoms with Gasteiger partial charge in [-0.05, 0) is 68.1 Å². The van der Waals surface area contributed by atoms with Crippen molar-refractivity contribution in [1.82, 2.24) is 0 Å². The zero-order chi connectivity index (χ0) is 17.4. The third kappa shape index (κ3) is 5.60. The van der Waals surface area contributed by atoms with Gasteiger partial charge >= 0.3 is 0 Å². The molecule has 1 aromatic carbocycles. The molecule has 24 heavy (non-hydrogen) atoms. The summed E-state index contributed by atoms with van der Waals surface area (Å²) in [6, 6.07) is 7.12. The highest BCUT2D eigenvalue weighted by molar-refractivity contribution is 5.33. The first-order valence-corrected chi connectivity index (χ1v) is 10.1. The average molecular weight is 332 g/mol. The third-order valence-electron chi connectivity index (χ3n) is 5.89. The van der Waals surface area contributed by atoms with E-state index in [0.29, 0.717) is 5.92 Å².